The van der Waals surface area contributed by atoms with Gasteiger partial charge < -0.3 is 15.6 Å². The van der Waals surface area contributed by atoms with Gasteiger partial charge in [0.2, 0.25) is 5.88 Å². The van der Waals surface area contributed by atoms with Crippen LogP contribution in [-0.2, 0) is 0 Å². The fourth-order valence-electron chi connectivity index (χ4n) is 1.75. The van der Waals surface area contributed by atoms with Gasteiger partial charge >= 0.3 is 5.97 Å². The van der Waals surface area contributed by atoms with Crippen LogP contribution in [0.25, 0.3) is 0 Å². The molecule has 0 saturated heterocycles. The molecule has 0 unspecified atom stereocenters. The van der Waals surface area contributed by atoms with E-state index in [1.54, 1.807) is 12.1 Å². The molecule has 104 valence electrons. The van der Waals surface area contributed by atoms with Crippen molar-refractivity contribution in [3.8, 4) is 11.6 Å². The molecule has 6 heteroatoms. The van der Waals surface area contributed by atoms with E-state index in [-0.39, 0.29) is 17.1 Å². The van der Waals surface area contributed by atoms with E-state index < -0.39 is 5.97 Å². The first-order chi connectivity index (χ1) is 9.38. The van der Waals surface area contributed by atoms with Crippen LogP contribution >= 0.6 is 11.6 Å². The van der Waals surface area contributed by atoms with Gasteiger partial charge in [0.25, 0.3) is 0 Å². The molecular formula is C14H13ClN2O3. The molecule has 0 amide bonds. The predicted molar refractivity (Wildman–Crippen MR) is 76.6 cm³/mol. The highest BCUT2D eigenvalue weighted by Gasteiger charge is 2.11. The van der Waals surface area contributed by atoms with Crippen molar-refractivity contribution < 1.29 is 14.6 Å². The molecule has 0 aliphatic heterocycles. The number of ether oxygens (including phenoxy) is 1. The molecule has 1 aromatic heterocycles. The number of hydrogen-bond donors (Lipinski definition) is 2. The van der Waals surface area contributed by atoms with Crippen LogP contribution in [0.1, 0.15) is 21.5 Å². The predicted octanol–water partition coefficient (Wildman–Crippen LogP) is 3.42. The zero-order chi connectivity index (χ0) is 14.9. The molecule has 0 saturated carbocycles. The van der Waals surface area contributed by atoms with Crippen molar-refractivity contribution >= 4 is 23.3 Å². The maximum Gasteiger partial charge on any atom is 0.337 e. The number of carbonyl (C=O) groups is 1. The van der Waals surface area contributed by atoms with Crippen LogP contribution in [0.2, 0.25) is 5.02 Å². The minimum Gasteiger partial charge on any atom is -0.478 e. The van der Waals surface area contributed by atoms with Crippen molar-refractivity contribution in [1.82, 2.24) is 4.98 Å². The first-order valence-electron chi connectivity index (χ1n) is 5.82. The first kappa shape index (κ1) is 14.1. The van der Waals surface area contributed by atoms with Crippen LogP contribution in [0.4, 0.5) is 5.69 Å². The van der Waals surface area contributed by atoms with Crippen molar-refractivity contribution in [3.05, 3.63) is 46.1 Å². The number of anilines is 1. The van der Waals surface area contributed by atoms with Gasteiger partial charge in [0.15, 0.2) is 0 Å². The molecule has 0 bridgehead atoms. The number of nitrogen functional groups attached to an aromatic ring is 1. The summed E-state index contributed by atoms with van der Waals surface area (Å²) in [5.41, 5.74) is 7.67. The summed E-state index contributed by atoms with van der Waals surface area (Å²) in [7, 11) is 0. The molecule has 0 atom stereocenters. The highest BCUT2D eigenvalue weighted by Crippen LogP contribution is 2.30. The molecule has 20 heavy (non-hydrogen) atoms. The number of aromatic carboxylic acids is 1. The topological polar surface area (TPSA) is 85.4 Å². The molecule has 1 aromatic carbocycles. The quantitative estimate of drug-likeness (QED) is 0.905. The van der Waals surface area contributed by atoms with Gasteiger partial charge in [-0.15, -0.1) is 0 Å². The Morgan fingerprint density at radius 1 is 1.30 bits per heavy atom. The van der Waals surface area contributed by atoms with E-state index in [1.165, 1.54) is 12.3 Å². The van der Waals surface area contributed by atoms with Gasteiger partial charge in [-0.05, 0) is 43.2 Å². The average Bonchev–Trinajstić information content (AvgIpc) is 2.38. The van der Waals surface area contributed by atoms with E-state index in [0.717, 1.165) is 11.1 Å². The Morgan fingerprint density at radius 3 is 2.40 bits per heavy atom. The third-order valence-electron chi connectivity index (χ3n) is 2.75. The molecule has 3 N–H and O–H groups in total. The summed E-state index contributed by atoms with van der Waals surface area (Å²) in [6, 6.07) is 4.84. The summed E-state index contributed by atoms with van der Waals surface area (Å²) in [5.74, 6) is -0.378. The van der Waals surface area contributed by atoms with Crippen molar-refractivity contribution in [2.75, 3.05) is 5.73 Å². The second kappa shape index (κ2) is 5.38. The molecule has 0 fully saturated rings. The number of hydrogen-bond acceptors (Lipinski definition) is 4. The number of nitrogens with zero attached hydrogens (tertiary/aromatic N) is 1. The lowest BCUT2D eigenvalue weighted by atomic mass is 10.1. The maximum atomic E-state index is 10.8. The highest BCUT2D eigenvalue weighted by atomic mass is 35.5. The number of benzene rings is 1. The number of pyridine rings is 1. The standard InChI is InChI=1S/C14H13ClN2O3/c1-7-3-10(4-8(2)12(7)15)20-13-11(16)5-9(6-17-13)14(18)19/h3-6H,16H2,1-2H3,(H,18,19). The molecule has 1 heterocycles. The number of aryl methyl sites for hydroxylation is 2. The summed E-state index contributed by atoms with van der Waals surface area (Å²) < 4.78 is 5.57. The third-order valence-corrected chi connectivity index (χ3v) is 3.35. The lowest BCUT2D eigenvalue weighted by Gasteiger charge is -2.10. The number of nitrogens with two attached hydrogens (primary N) is 1. The number of halogens is 1. The molecule has 0 spiro atoms. The Kier molecular flexibility index (Phi) is 3.81. The van der Waals surface area contributed by atoms with E-state index in [2.05, 4.69) is 4.98 Å². The molecular weight excluding hydrogens is 280 g/mol. The van der Waals surface area contributed by atoms with Gasteiger partial charge in [0.1, 0.15) is 5.75 Å². The van der Waals surface area contributed by atoms with Crippen molar-refractivity contribution in [1.29, 1.82) is 0 Å². The minimum absolute atomic E-state index is 0.0123. The zero-order valence-corrected chi connectivity index (χ0v) is 11.7. The van der Waals surface area contributed by atoms with Gasteiger partial charge in [-0.25, -0.2) is 9.78 Å². The van der Waals surface area contributed by atoms with Gasteiger partial charge in [0.05, 0.1) is 11.3 Å². The Balaban J connectivity index is 2.33. The van der Waals surface area contributed by atoms with E-state index in [0.29, 0.717) is 10.8 Å². The summed E-state index contributed by atoms with van der Waals surface area (Å²) >= 11 is 6.08. The number of carboxylic acids is 1. The van der Waals surface area contributed by atoms with Crippen molar-refractivity contribution in [2.45, 2.75) is 13.8 Å². The van der Waals surface area contributed by atoms with Crippen molar-refractivity contribution in [2.24, 2.45) is 0 Å². The Hall–Kier alpha value is -2.27. The van der Waals surface area contributed by atoms with Crippen LogP contribution in [0, 0.1) is 13.8 Å². The summed E-state index contributed by atoms with van der Waals surface area (Å²) in [6.07, 6.45) is 1.20. The van der Waals surface area contributed by atoms with Gasteiger partial charge in [-0.1, -0.05) is 11.6 Å². The summed E-state index contributed by atoms with van der Waals surface area (Å²) in [4.78, 5) is 14.7. The smallest absolute Gasteiger partial charge is 0.337 e. The van der Waals surface area contributed by atoms with E-state index in [1.807, 2.05) is 13.8 Å². The largest absolute Gasteiger partial charge is 0.478 e. The summed E-state index contributed by atoms with van der Waals surface area (Å²) in [6.45, 7) is 3.74. The molecule has 2 aromatic rings. The second-order valence-electron chi connectivity index (χ2n) is 4.40. The van der Waals surface area contributed by atoms with Crippen LogP contribution < -0.4 is 10.5 Å². The van der Waals surface area contributed by atoms with E-state index in [4.69, 9.17) is 27.2 Å². The normalized spacial score (nSPS) is 10.3. The van der Waals surface area contributed by atoms with Crippen LogP contribution in [0.15, 0.2) is 24.4 Å². The lowest BCUT2D eigenvalue weighted by molar-refractivity contribution is 0.0696. The van der Waals surface area contributed by atoms with Gasteiger partial charge in [-0.2, -0.15) is 0 Å². The fourth-order valence-corrected chi connectivity index (χ4v) is 1.86. The highest BCUT2D eigenvalue weighted by molar-refractivity contribution is 6.32. The molecule has 0 radical (unpaired) electrons. The monoisotopic (exact) mass is 292 g/mol. The molecule has 0 aliphatic carbocycles. The number of rotatable bonds is 3. The average molecular weight is 293 g/mol. The Bertz CT molecular complexity index is 663. The zero-order valence-electron chi connectivity index (χ0n) is 11.0. The number of aromatic nitrogens is 1. The molecule has 5 nitrogen and oxygen atoms in total. The maximum absolute atomic E-state index is 10.8. The van der Waals surface area contributed by atoms with Gasteiger partial charge in [-0.3, -0.25) is 0 Å². The Labute approximate surface area is 121 Å². The fraction of sp³-hybridized carbons (Fsp3) is 0.143. The Morgan fingerprint density at radius 2 is 1.90 bits per heavy atom. The SMILES string of the molecule is Cc1cc(Oc2ncc(C(=O)O)cc2N)cc(C)c1Cl. The minimum atomic E-state index is -1.09. The number of carboxylic acid groups (broad SMARTS) is 1. The van der Waals surface area contributed by atoms with E-state index >= 15 is 0 Å². The second-order valence-corrected chi connectivity index (χ2v) is 4.77. The summed E-state index contributed by atoms with van der Waals surface area (Å²) in [5, 5.41) is 9.52. The van der Waals surface area contributed by atoms with E-state index in [9.17, 15) is 4.79 Å². The van der Waals surface area contributed by atoms with Crippen LogP contribution in [0.5, 0.6) is 11.6 Å². The first-order valence-corrected chi connectivity index (χ1v) is 6.19. The molecule has 0 aliphatic rings. The van der Waals surface area contributed by atoms with Crippen LogP contribution in [0.3, 0.4) is 0 Å². The lowest BCUT2D eigenvalue weighted by Crippen LogP contribution is -2.02. The molecule has 2 rings (SSSR count). The van der Waals surface area contributed by atoms with Crippen LogP contribution in [-0.4, -0.2) is 16.1 Å². The van der Waals surface area contributed by atoms with Crippen molar-refractivity contribution in [3.63, 3.8) is 0 Å². The van der Waals surface area contributed by atoms with Gasteiger partial charge in [0, 0.05) is 11.2 Å². The third kappa shape index (κ3) is 2.83.